The summed E-state index contributed by atoms with van der Waals surface area (Å²) in [6, 6.07) is 8.74. The Kier molecular flexibility index (Phi) is 6.73. The molecule has 0 aliphatic rings. The van der Waals surface area contributed by atoms with Gasteiger partial charge in [0.05, 0.1) is 16.6 Å². The van der Waals surface area contributed by atoms with E-state index in [-0.39, 0.29) is 17.7 Å². The van der Waals surface area contributed by atoms with Crippen LogP contribution < -0.4 is 4.72 Å². The van der Waals surface area contributed by atoms with Crippen LogP contribution in [0.5, 0.6) is 0 Å². The molecule has 11 heteroatoms. The van der Waals surface area contributed by atoms with Gasteiger partial charge in [0, 0.05) is 24.0 Å². The van der Waals surface area contributed by atoms with E-state index in [4.69, 9.17) is 0 Å². The van der Waals surface area contributed by atoms with Gasteiger partial charge in [-0.05, 0) is 45.0 Å². The van der Waals surface area contributed by atoms with E-state index in [0.717, 1.165) is 22.4 Å². The molecule has 0 fully saturated rings. The highest BCUT2D eigenvalue weighted by atomic mass is 32.2. The smallest absolute Gasteiger partial charge is 0.241 e. The quantitative estimate of drug-likeness (QED) is 0.421. The molecule has 3 unspecified atom stereocenters. The summed E-state index contributed by atoms with van der Waals surface area (Å²) >= 11 is 0. The number of hydrogen-bond acceptors (Lipinski definition) is 6. The molecule has 176 valence electrons. The molecule has 34 heavy (non-hydrogen) atoms. The summed E-state index contributed by atoms with van der Waals surface area (Å²) in [6.07, 6.45) is 3.29. The number of hydrogen-bond donors (Lipinski definition) is 1. The number of rotatable bonds is 7. The highest BCUT2D eigenvalue weighted by Gasteiger charge is 2.27. The van der Waals surface area contributed by atoms with Crippen LogP contribution in [0.25, 0.3) is 17.2 Å². The van der Waals surface area contributed by atoms with E-state index in [1.54, 1.807) is 44.4 Å². The molecule has 0 aliphatic heterocycles. The van der Waals surface area contributed by atoms with Crippen LogP contribution in [-0.4, -0.2) is 39.2 Å². The number of anilines is 1. The van der Waals surface area contributed by atoms with Crippen molar-refractivity contribution in [2.45, 2.75) is 38.9 Å². The third-order valence-corrected chi connectivity index (χ3v) is 6.91. The second-order valence-corrected chi connectivity index (χ2v) is 9.44. The Morgan fingerprint density at radius 2 is 1.65 bits per heavy atom. The number of pyridine rings is 1. The molecule has 4 aromatic rings. The van der Waals surface area contributed by atoms with Gasteiger partial charge in [0.2, 0.25) is 5.95 Å². The predicted molar refractivity (Wildman–Crippen MR) is 126 cm³/mol. The van der Waals surface area contributed by atoms with Crippen molar-refractivity contribution in [3.8, 4) is 17.2 Å². The standard InChI is InChI=1S/C23H23F2N7OS/c1-13-7-5-10-19(28-13)22-29-30-23(32(22)21-17(24)8-6-9-18(21)25)31-34(33)16(4)15(3)20-12-26-14(2)11-27-20/h5-12,15-16H,1-4H3,(H,30,31). The van der Waals surface area contributed by atoms with Crippen molar-refractivity contribution in [2.75, 3.05) is 4.72 Å². The number of nitrogens with zero attached hydrogens (tertiary/aromatic N) is 6. The minimum Gasteiger partial charge on any atom is -0.273 e. The second-order valence-electron chi connectivity index (χ2n) is 7.89. The second kappa shape index (κ2) is 9.72. The molecule has 0 radical (unpaired) electrons. The summed E-state index contributed by atoms with van der Waals surface area (Å²) in [5.41, 5.74) is 2.13. The number of halogens is 2. The lowest BCUT2D eigenvalue weighted by atomic mass is 10.1. The van der Waals surface area contributed by atoms with Crippen LogP contribution in [0.4, 0.5) is 14.7 Å². The largest absolute Gasteiger partial charge is 0.273 e. The third kappa shape index (κ3) is 4.69. The van der Waals surface area contributed by atoms with Crippen molar-refractivity contribution in [3.05, 3.63) is 77.5 Å². The Morgan fingerprint density at radius 3 is 2.29 bits per heavy atom. The highest BCUT2D eigenvalue weighted by Crippen LogP contribution is 2.29. The molecular formula is C23H23F2N7OS. The van der Waals surface area contributed by atoms with Crippen molar-refractivity contribution < 1.29 is 13.0 Å². The average molecular weight is 484 g/mol. The Bertz CT molecular complexity index is 1320. The molecule has 0 amide bonds. The highest BCUT2D eigenvalue weighted by molar-refractivity contribution is 7.87. The van der Waals surface area contributed by atoms with Gasteiger partial charge < -0.3 is 0 Å². The van der Waals surface area contributed by atoms with E-state index in [9.17, 15) is 13.0 Å². The van der Waals surface area contributed by atoms with Gasteiger partial charge in [-0.15, -0.1) is 10.2 Å². The van der Waals surface area contributed by atoms with E-state index in [1.165, 1.54) is 6.07 Å². The van der Waals surface area contributed by atoms with Gasteiger partial charge in [-0.2, -0.15) is 0 Å². The average Bonchev–Trinajstić information content (AvgIpc) is 3.21. The fourth-order valence-corrected chi connectivity index (χ4v) is 4.35. The molecule has 8 nitrogen and oxygen atoms in total. The van der Waals surface area contributed by atoms with E-state index in [0.29, 0.717) is 17.1 Å². The van der Waals surface area contributed by atoms with E-state index < -0.39 is 33.6 Å². The van der Waals surface area contributed by atoms with Gasteiger partial charge in [-0.1, -0.05) is 19.1 Å². The van der Waals surface area contributed by atoms with Gasteiger partial charge in [0.1, 0.15) is 34.0 Å². The zero-order valence-electron chi connectivity index (χ0n) is 19.0. The van der Waals surface area contributed by atoms with Crippen LogP contribution >= 0.6 is 0 Å². The number of aromatic nitrogens is 6. The van der Waals surface area contributed by atoms with E-state index >= 15 is 0 Å². The first kappa shape index (κ1) is 23.6. The van der Waals surface area contributed by atoms with Crippen LogP contribution in [-0.2, 0) is 11.0 Å². The number of nitrogens with one attached hydrogen (secondary N) is 1. The number of aryl methyl sites for hydroxylation is 2. The van der Waals surface area contributed by atoms with Crippen LogP contribution in [0, 0.1) is 25.5 Å². The molecule has 0 saturated heterocycles. The maximum Gasteiger partial charge on any atom is 0.241 e. The molecule has 3 heterocycles. The Hall–Kier alpha value is -3.60. The lowest BCUT2D eigenvalue weighted by molar-refractivity contribution is 0.570. The molecule has 0 saturated carbocycles. The Morgan fingerprint density at radius 1 is 0.941 bits per heavy atom. The van der Waals surface area contributed by atoms with Crippen molar-refractivity contribution in [3.63, 3.8) is 0 Å². The van der Waals surface area contributed by atoms with Gasteiger partial charge >= 0.3 is 0 Å². The zero-order chi connectivity index (χ0) is 24.4. The fraction of sp³-hybridized carbons (Fsp3) is 0.261. The summed E-state index contributed by atoms with van der Waals surface area (Å²) in [5, 5.41) is 7.73. The maximum absolute atomic E-state index is 14.8. The maximum atomic E-state index is 14.8. The zero-order valence-corrected chi connectivity index (χ0v) is 19.8. The summed E-state index contributed by atoms with van der Waals surface area (Å²) in [7, 11) is -1.70. The molecule has 0 spiro atoms. The molecule has 0 aliphatic carbocycles. The van der Waals surface area contributed by atoms with Crippen molar-refractivity contribution in [2.24, 2.45) is 0 Å². The normalized spacial score (nSPS) is 13.9. The number of benzene rings is 1. The van der Waals surface area contributed by atoms with Crippen molar-refractivity contribution in [1.29, 1.82) is 0 Å². The Balaban J connectivity index is 1.73. The fourth-order valence-electron chi connectivity index (χ4n) is 3.34. The summed E-state index contributed by atoms with van der Waals surface area (Å²) in [4.78, 5) is 13.0. The van der Waals surface area contributed by atoms with Crippen LogP contribution in [0.2, 0.25) is 0 Å². The summed E-state index contributed by atoms with van der Waals surface area (Å²) < 4.78 is 46.7. The van der Waals surface area contributed by atoms with Crippen molar-refractivity contribution >= 4 is 16.9 Å². The van der Waals surface area contributed by atoms with Gasteiger partial charge in [0.25, 0.3) is 0 Å². The molecule has 3 aromatic heterocycles. The lowest BCUT2D eigenvalue weighted by Gasteiger charge is -2.20. The first-order chi connectivity index (χ1) is 16.3. The van der Waals surface area contributed by atoms with Gasteiger partial charge in [0.15, 0.2) is 5.82 Å². The molecule has 4 rings (SSSR count). The summed E-state index contributed by atoms with van der Waals surface area (Å²) in [6.45, 7) is 7.29. The molecule has 3 atom stereocenters. The third-order valence-electron chi connectivity index (χ3n) is 5.44. The number of para-hydroxylation sites is 1. The molecule has 1 N–H and O–H groups in total. The topological polar surface area (TPSA) is 98.5 Å². The minimum absolute atomic E-state index is 0.0744. The van der Waals surface area contributed by atoms with E-state index in [1.807, 2.05) is 13.8 Å². The van der Waals surface area contributed by atoms with Gasteiger partial charge in [-0.25, -0.2) is 18.0 Å². The summed E-state index contributed by atoms with van der Waals surface area (Å²) in [5.74, 6) is -1.83. The minimum atomic E-state index is -1.70. The monoisotopic (exact) mass is 483 g/mol. The van der Waals surface area contributed by atoms with E-state index in [2.05, 4.69) is 29.9 Å². The molecular weight excluding hydrogens is 460 g/mol. The first-order valence-electron chi connectivity index (χ1n) is 10.6. The van der Waals surface area contributed by atoms with Gasteiger partial charge in [-0.3, -0.25) is 19.3 Å². The molecule has 0 bridgehead atoms. The lowest BCUT2D eigenvalue weighted by Crippen LogP contribution is -2.26. The SMILES string of the molecule is Cc1cnc(C(C)C(C)S(=O)Nc2nnc(-c3cccc(C)n3)n2-c2c(F)cccc2F)cn1. The predicted octanol–water partition coefficient (Wildman–Crippen LogP) is 4.28. The Labute approximate surface area is 198 Å². The van der Waals surface area contributed by atoms with Crippen LogP contribution in [0.1, 0.15) is 36.8 Å². The van der Waals surface area contributed by atoms with Crippen LogP contribution in [0.3, 0.4) is 0 Å². The molecule has 1 aromatic carbocycles. The van der Waals surface area contributed by atoms with Crippen molar-refractivity contribution in [1.82, 2.24) is 29.7 Å². The van der Waals surface area contributed by atoms with Crippen LogP contribution in [0.15, 0.2) is 48.8 Å². The first-order valence-corrected chi connectivity index (χ1v) is 11.8.